The van der Waals surface area contributed by atoms with Crippen molar-refractivity contribution in [1.82, 2.24) is 0 Å². The average Bonchev–Trinajstić information content (AvgIpc) is 2.23. The van der Waals surface area contributed by atoms with E-state index in [0.29, 0.717) is 6.42 Å². The zero-order valence-corrected chi connectivity index (χ0v) is 14.2. The van der Waals surface area contributed by atoms with E-state index < -0.39 is 7.81 Å². The topological polar surface area (TPSA) is 52.4 Å². The summed E-state index contributed by atoms with van der Waals surface area (Å²) in [4.78, 5) is 9.79. The number of unbranched alkanes of at least 4 members (excludes halogenated alkanes) is 4. The van der Waals surface area contributed by atoms with Crippen LogP contribution in [-0.4, -0.2) is 17.1 Å². The summed E-state index contributed by atoms with van der Waals surface area (Å²) in [5, 5.41) is 10.0. The molecule has 0 N–H and O–H groups in total. The zero-order valence-electron chi connectivity index (χ0n) is 12.3. The first-order valence-corrected chi connectivity index (χ1v) is 8.89. The molecule has 0 aromatic carbocycles. The Labute approximate surface area is 130 Å². The van der Waals surface area contributed by atoms with Crippen LogP contribution < -0.4 is 0 Å². The van der Waals surface area contributed by atoms with Crippen LogP contribution in [0.1, 0.15) is 52.4 Å². The van der Waals surface area contributed by atoms with E-state index >= 15 is 0 Å². The van der Waals surface area contributed by atoms with Crippen LogP contribution in [-0.2, 0) is 17.1 Å². The maximum atomic E-state index is 10.0. The van der Waals surface area contributed by atoms with Crippen molar-refractivity contribution >= 4 is 20.7 Å². The van der Waals surface area contributed by atoms with Gasteiger partial charge in [-0.25, -0.2) is 0 Å². The Balaban J connectivity index is 0. The van der Waals surface area contributed by atoms with Gasteiger partial charge in [0.1, 0.15) is 18.5 Å². The predicted octanol–water partition coefficient (Wildman–Crippen LogP) is 5.71. The molecular formula is C10H22F6NO3PS. The molecule has 0 aromatic heterocycles. The minimum absolute atomic E-state index is 0.107. The summed E-state index contributed by atoms with van der Waals surface area (Å²) in [5.41, 5.74) is -0.113. The Morgan fingerprint density at radius 2 is 1.36 bits per heavy atom. The number of nitrogens with zero attached hydrogens (tertiary/aromatic N) is 1. The second-order valence-corrected chi connectivity index (χ2v) is 7.51. The number of hydrogen-bond acceptors (Lipinski definition) is 3. The number of halogens is 6. The molecule has 0 aliphatic heterocycles. The molecule has 0 bridgehead atoms. The molecule has 0 fully saturated rings. The van der Waals surface area contributed by atoms with E-state index in [4.69, 9.17) is 4.18 Å². The summed E-state index contributed by atoms with van der Waals surface area (Å²) in [7, 11) is -10.7. The average molecular weight is 381 g/mol. The molecule has 22 heavy (non-hydrogen) atoms. The van der Waals surface area contributed by atoms with E-state index in [1.165, 1.54) is 0 Å². The van der Waals surface area contributed by atoms with Crippen molar-refractivity contribution in [3.63, 3.8) is 0 Å². The molecule has 0 aromatic rings. The summed E-state index contributed by atoms with van der Waals surface area (Å²) < 4.78 is 64.3. The van der Waals surface area contributed by atoms with Crippen molar-refractivity contribution in [3.05, 3.63) is 10.1 Å². The van der Waals surface area contributed by atoms with E-state index in [1.807, 2.05) is 13.8 Å². The summed E-state index contributed by atoms with van der Waals surface area (Å²) in [5.74, 6) is 0. The fourth-order valence-corrected chi connectivity index (χ4v) is 1.48. The van der Waals surface area contributed by atoms with Gasteiger partial charge in [-0.1, -0.05) is 19.3 Å². The first-order chi connectivity index (χ1) is 9.43. The quantitative estimate of drug-likeness (QED) is 0.128. The number of hydrogen-bond donors (Lipinski definition) is 0. The monoisotopic (exact) mass is 381 g/mol. The van der Waals surface area contributed by atoms with Gasteiger partial charge in [0.2, 0.25) is 6.54 Å². The fourth-order valence-electron chi connectivity index (χ4n) is 1.37. The Bertz CT molecular complexity index is 337. The third-order valence-corrected chi connectivity index (χ3v) is 2.95. The summed E-state index contributed by atoms with van der Waals surface area (Å²) >= 11 is 3.05. The van der Waals surface area contributed by atoms with Crippen molar-refractivity contribution in [2.45, 2.75) is 58.0 Å². The molecule has 12 heteroatoms. The Morgan fingerprint density at radius 1 is 1.00 bits per heavy atom. The molecule has 0 saturated carbocycles. The van der Waals surface area contributed by atoms with Crippen LogP contribution in [0.5, 0.6) is 0 Å². The van der Waals surface area contributed by atoms with Gasteiger partial charge in [0, 0.05) is 11.3 Å². The first-order valence-electron chi connectivity index (χ1n) is 6.46. The van der Waals surface area contributed by atoms with Gasteiger partial charge in [0.05, 0.1) is 0 Å². The van der Waals surface area contributed by atoms with Crippen LogP contribution in [0.3, 0.4) is 0 Å². The third-order valence-electron chi connectivity index (χ3n) is 2.40. The van der Waals surface area contributed by atoms with Crippen molar-refractivity contribution in [1.29, 1.82) is 0 Å². The molecule has 4 nitrogen and oxygen atoms in total. The van der Waals surface area contributed by atoms with Crippen molar-refractivity contribution in [2.24, 2.45) is 0 Å². The van der Waals surface area contributed by atoms with E-state index in [9.17, 15) is 35.3 Å². The van der Waals surface area contributed by atoms with Gasteiger partial charge in [-0.3, -0.25) is 10.1 Å². The van der Waals surface area contributed by atoms with E-state index in [0.717, 1.165) is 32.1 Å². The Kier molecular flexibility index (Phi) is 8.73. The molecule has 0 heterocycles. The molecule has 0 spiro atoms. The normalized spacial score (nSPS) is 15.3. The Morgan fingerprint density at radius 3 is 1.73 bits per heavy atom. The van der Waals surface area contributed by atoms with E-state index in [2.05, 4.69) is 12.9 Å². The van der Waals surface area contributed by atoms with Crippen LogP contribution >= 0.6 is 7.81 Å². The van der Waals surface area contributed by atoms with Crippen molar-refractivity contribution in [3.8, 4) is 0 Å². The molecule has 0 aliphatic carbocycles. The molecule has 0 unspecified atom stereocenters. The predicted molar refractivity (Wildman–Crippen MR) is 78.5 cm³/mol. The number of rotatable bonds is 9. The van der Waals surface area contributed by atoms with E-state index in [1.54, 1.807) is 0 Å². The third kappa shape index (κ3) is 36.7. The maximum absolute atomic E-state index is 10.7. The summed E-state index contributed by atoms with van der Waals surface area (Å²) in [6.45, 7) is 4.18. The minimum atomic E-state index is -10.7. The van der Waals surface area contributed by atoms with E-state index in [-0.39, 0.29) is 17.1 Å². The standard InChI is InChI=1S/C10H21NO3S.F6P/c1-10(2,14-15)8-6-4-3-5-7-9-11(12)13;1-7(2,3,4,5)6/h15H,3-9H2,1-2H3;/q;-1/p+1. The second kappa shape index (κ2) is 8.01. The van der Waals surface area contributed by atoms with Crippen molar-refractivity contribution in [2.75, 3.05) is 6.54 Å². The SMILES string of the molecule is CC(C)(CCCCCCC[N+](=O)[O-])O[SH2+].F[P-](F)(F)(F)(F)F. The van der Waals surface area contributed by atoms with Gasteiger partial charge in [-0.2, -0.15) is 4.18 Å². The Hall–Kier alpha value is -0.280. The van der Waals surface area contributed by atoms with Crippen molar-refractivity contribution < 1.29 is 34.3 Å². The van der Waals surface area contributed by atoms with Gasteiger partial charge in [0.25, 0.3) is 0 Å². The molecule has 0 saturated heterocycles. The van der Waals surface area contributed by atoms with Gasteiger partial charge in [-0.05, 0) is 26.7 Å². The second-order valence-electron chi connectivity index (χ2n) is 5.39. The fraction of sp³-hybridized carbons (Fsp3) is 1.00. The summed E-state index contributed by atoms with van der Waals surface area (Å²) in [6, 6.07) is 0. The zero-order chi connectivity index (χ0) is 18.1. The van der Waals surface area contributed by atoms with Gasteiger partial charge < -0.3 is 0 Å². The molecule has 0 radical (unpaired) electrons. The van der Waals surface area contributed by atoms with Crippen LogP contribution in [0.15, 0.2) is 0 Å². The molecule has 0 atom stereocenters. The molecule has 138 valence electrons. The summed E-state index contributed by atoms with van der Waals surface area (Å²) in [6.07, 6.45) is 5.96. The molecular weight excluding hydrogens is 359 g/mol. The van der Waals surface area contributed by atoms with Crippen LogP contribution in [0.4, 0.5) is 25.2 Å². The molecule has 0 rings (SSSR count). The van der Waals surface area contributed by atoms with Gasteiger partial charge in [0.15, 0.2) is 0 Å². The molecule has 0 amide bonds. The first kappa shape index (κ1) is 24.0. The van der Waals surface area contributed by atoms with Crippen LogP contribution in [0, 0.1) is 10.1 Å². The molecule has 0 aliphatic rings. The van der Waals surface area contributed by atoms with Crippen LogP contribution in [0.25, 0.3) is 0 Å². The number of nitro groups is 1. The van der Waals surface area contributed by atoms with Gasteiger partial charge in [-0.15, -0.1) is 0 Å². The van der Waals surface area contributed by atoms with Gasteiger partial charge >= 0.3 is 33.0 Å². The van der Waals surface area contributed by atoms with Crippen LogP contribution in [0.2, 0.25) is 0 Å².